The summed E-state index contributed by atoms with van der Waals surface area (Å²) in [6.45, 7) is 3.29. The van der Waals surface area contributed by atoms with Crippen LogP contribution >= 0.6 is 0 Å². The minimum atomic E-state index is -0.0999. The van der Waals surface area contributed by atoms with Crippen molar-refractivity contribution >= 4 is 5.97 Å². The summed E-state index contributed by atoms with van der Waals surface area (Å²) in [4.78, 5) is 14.0. The molecule has 1 unspecified atom stereocenters. The number of carbonyl (C=O) groups excluding carboxylic acids is 1. The standard InChI is InChI=1S/C16H23NO2/c1-13(14-8-4-3-5-9-14)17-11-7-6-10-15(17)12-16(18)19-2/h3-5,8-9,13,15H,6-7,10-12H2,1-2H3/t13-,15?/m0/s1. The molecule has 3 nitrogen and oxygen atoms in total. The third-order valence-electron chi connectivity index (χ3n) is 4.08. The Bertz CT molecular complexity index is 404. The number of ether oxygens (including phenoxy) is 1. The van der Waals surface area contributed by atoms with E-state index in [9.17, 15) is 4.79 Å². The van der Waals surface area contributed by atoms with Gasteiger partial charge in [0.25, 0.3) is 0 Å². The van der Waals surface area contributed by atoms with E-state index in [2.05, 4.69) is 36.1 Å². The largest absolute Gasteiger partial charge is 0.469 e. The number of hydrogen-bond acceptors (Lipinski definition) is 3. The fraction of sp³-hybridized carbons (Fsp3) is 0.562. The first-order chi connectivity index (χ1) is 9.22. The van der Waals surface area contributed by atoms with Crippen molar-refractivity contribution in [3.63, 3.8) is 0 Å². The van der Waals surface area contributed by atoms with Gasteiger partial charge in [0.2, 0.25) is 0 Å². The third kappa shape index (κ3) is 3.57. The number of benzene rings is 1. The topological polar surface area (TPSA) is 29.5 Å². The summed E-state index contributed by atoms with van der Waals surface area (Å²) in [5, 5.41) is 0. The molecule has 3 heteroatoms. The van der Waals surface area contributed by atoms with Crippen LogP contribution in [0.25, 0.3) is 0 Å². The van der Waals surface area contributed by atoms with E-state index in [1.165, 1.54) is 25.5 Å². The molecule has 1 aliphatic heterocycles. The number of likely N-dealkylation sites (tertiary alicyclic amines) is 1. The molecular weight excluding hydrogens is 238 g/mol. The first-order valence-electron chi connectivity index (χ1n) is 7.10. The lowest BCUT2D eigenvalue weighted by Gasteiger charge is -2.39. The lowest BCUT2D eigenvalue weighted by Crippen LogP contribution is -2.42. The Kier molecular flexibility index (Phi) is 4.97. The van der Waals surface area contributed by atoms with Crippen molar-refractivity contribution in [2.75, 3.05) is 13.7 Å². The average molecular weight is 261 g/mol. The second kappa shape index (κ2) is 6.71. The van der Waals surface area contributed by atoms with Gasteiger partial charge in [-0.25, -0.2) is 0 Å². The third-order valence-corrected chi connectivity index (χ3v) is 4.08. The zero-order valence-electron chi connectivity index (χ0n) is 11.8. The molecule has 2 atom stereocenters. The summed E-state index contributed by atoms with van der Waals surface area (Å²) in [5.74, 6) is -0.0999. The van der Waals surface area contributed by atoms with Crippen molar-refractivity contribution in [1.29, 1.82) is 0 Å². The van der Waals surface area contributed by atoms with E-state index in [0.717, 1.165) is 13.0 Å². The number of piperidine rings is 1. The highest BCUT2D eigenvalue weighted by molar-refractivity contribution is 5.69. The van der Waals surface area contributed by atoms with Gasteiger partial charge in [0, 0.05) is 12.1 Å². The summed E-state index contributed by atoms with van der Waals surface area (Å²) in [6.07, 6.45) is 4.02. The van der Waals surface area contributed by atoms with Gasteiger partial charge in [-0.3, -0.25) is 9.69 Å². The van der Waals surface area contributed by atoms with Crippen molar-refractivity contribution in [2.45, 2.75) is 44.7 Å². The van der Waals surface area contributed by atoms with E-state index in [4.69, 9.17) is 4.74 Å². The maximum absolute atomic E-state index is 11.5. The number of carbonyl (C=O) groups is 1. The summed E-state index contributed by atoms with van der Waals surface area (Å²) in [6, 6.07) is 11.2. The Morgan fingerprint density at radius 1 is 1.37 bits per heavy atom. The zero-order valence-corrected chi connectivity index (χ0v) is 11.8. The zero-order chi connectivity index (χ0) is 13.7. The van der Waals surface area contributed by atoms with Gasteiger partial charge in [-0.05, 0) is 31.9 Å². The maximum Gasteiger partial charge on any atom is 0.307 e. The highest BCUT2D eigenvalue weighted by atomic mass is 16.5. The van der Waals surface area contributed by atoms with Crippen LogP contribution in [-0.4, -0.2) is 30.6 Å². The van der Waals surface area contributed by atoms with E-state index < -0.39 is 0 Å². The Hall–Kier alpha value is -1.35. The van der Waals surface area contributed by atoms with Crippen LogP contribution in [0.1, 0.15) is 44.2 Å². The molecule has 1 aromatic rings. The Morgan fingerprint density at radius 3 is 2.79 bits per heavy atom. The molecule has 1 aromatic carbocycles. The second-order valence-electron chi connectivity index (χ2n) is 5.25. The fourth-order valence-electron chi connectivity index (χ4n) is 2.95. The summed E-state index contributed by atoms with van der Waals surface area (Å²) < 4.78 is 4.82. The molecule has 19 heavy (non-hydrogen) atoms. The van der Waals surface area contributed by atoms with Gasteiger partial charge in [-0.1, -0.05) is 36.8 Å². The van der Waals surface area contributed by atoms with Crippen LogP contribution in [0.3, 0.4) is 0 Å². The van der Waals surface area contributed by atoms with Crippen molar-refractivity contribution < 1.29 is 9.53 Å². The first-order valence-corrected chi connectivity index (χ1v) is 7.10. The minimum Gasteiger partial charge on any atom is -0.469 e. The SMILES string of the molecule is COC(=O)CC1CCCCN1[C@@H](C)c1ccccc1. The lowest BCUT2D eigenvalue weighted by atomic mass is 9.95. The van der Waals surface area contributed by atoms with Crippen LogP contribution in [-0.2, 0) is 9.53 Å². The van der Waals surface area contributed by atoms with E-state index in [1.807, 2.05) is 6.07 Å². The van der Waals surface area contributed by atoms with Gasteiger partial charge in [-0.2, -0.15) is 0 Å². The minimum absolute atomic E-state index is 0.0999. The lowest BCUT2D eigenvalue weighted by molar-refractivity contribution is -0.142. The summed E-state index contributed by atoms with van der Waals surface area (Å²) in [5.41, 5.74) is 1.32. The van der Waals surface area contributed by atoms with Gasteiger partial charge >= 0.3 is 5.97 Å². The smallest absolute Gasteiger partial charge is 0.307 e. The Labute approximate surface area is 115 Å². The summed E-state index contributed by atoms with van der Waals surface area (Å²) >= 11 is 0. The maximum atomic E-state index is 11.5. The molecule has 1 heterocycles. The first kappa shape index (κ1) is 14.1. The van der Waals surface area contributed by atoms with Crippen LogP contribution in [0, 0.1) is 0 Å². The van der Waals surface area contributed by atoms with Crippen molar-refractivity contribution in [3.8, 4) is 0 Å². The molecule has 104 valence electrons. The van der Waals surface area contributed by atoms with Gasteiger partial charge < -0.3 is 4.74 Å². The predicted octanol–water partition coefficient (Wildman–Crippen LogP) is 3.17. The molecule has 1 aliphatic rings. The quantitative estimate of drug-likeness (QED) is 0.780. The molecule has 0 radical (unpaired) electrons. The fourth-order valence-corrected chi connectivity index (χ4v) is 2.95. The number of methoxy groups -OCH3 is 1. The molecule has 0 saturated carbocycles. The number of nitrogens with zero attached hydrogens (tertiary/aromatic N) is 1. The highest BCUT2D eigenvalue weighted by Crippen LogP contribution is 2.29. The van der Waals surface area contributed by atoms with E-state index in [1.54, 1.807) is 0 Å². The number of hydrogen-bond donors (Lipinski definition) is 0. The van der Waals surface area contributed by atoms with Crippen molar-refractivity contribution in [3.05, 3.63) is 35.9 Å². The number of esters is 1. The monoisotopic (exact) mass is 261 g/mol. The van der Waals surface area contributed by atoms with Gasteiger partial charge in [0.15, 0.2) is 0 Å². The summed E-state index contributed by atoms with van der Waals surface area (Å²) in [7, 11) is 1.47. The van der Waals surface area contributed by atoms with Gasteiger partial charge in [-0.15, -0.1) is 0 Å². The Balaban J connectivity index is 2.08. The van der Waals surface area contributed by atoms with E-state index >= 15 is 0 Å². The number of rotatable bonds is 4. The highest BCUT2D eigenvalue weighted by Gasteiger charge is 2.29. The van der Waals surface area contributed by atoms with Crippen LogP contribution < -0.4 is 0 Å². The molecule has 0 amide bonds. The van der Waals surface area contributed by atoms with Crippen LogP contribution in [0.4, 0.5) is 0 Å². The molecule has 1 fully saturated rings. The Morgan fingerprint density at radius 2 is 2.11 bits per heavy atom. The van der Waals surface area contributed by atoms with Crippen LogP contribution in [0.2, 0.25) is 0 Å². The van der Waals surface area contributed by atoms with Crippen LogP contribution in [0.15, 0.2) is 30.3 Å². The van der Waals surface area contributed by atoms with Crippen LogP contribution in [0.5, 0.6) is 0 Å². The van der Waals surface area contributed by atoms with Crippen molar-refractivity contribution in [2.24, 2.45) is 0 Å². The van der Waals surface area contributed by atoms with E-state index in [-0.39, 0.29) is 5.97 Å². The average Bonchev–Trinajstić information content (AvgIpc) is 2.48. The molecule has 0 aromatic heterocycles. The second-order valence-corrected chi connectivity index (χ2v) is 5.25. The molecule has 0 spiro atoms. The molecule has 0 N–H and O–H groups in total. The van der Waals surface area contributed by atoms with Crippen molar-refractivity contribution in [1.82, 2.24) is 4.90 Å². The molecule has 0 bridgehead atoms. The normalized spacial score (nSPS) is 21.9. The molecule has 2 rings (SSSR count). The molecule has 0 aliphatic carbocycles. The van der Waals surface area contributed by atoms with Gasteiger partial charge in [0.05, 0.1) is 13.5 Å². The molecular formula is C16H23NO2. The molecule has 1 saturated heterocycles. The predicted molar refractivity (Wildman–Crippen MR) is 75.8 cm³/mol. The van der Waals surface area contributed by atoms with Gasteiger partial charge in [0.1, 0.15) is 0 Å². The van der Waals surface area contributed by atoms with E-state index in [0.29, 0.717) is 18.5 Å².